The molecule has 1 aliphatic heterocycles. The van der Waals surface area contributed by atoms with Crippen molar-refractivity contribution in [2.45, 2.75) is 51.8 Å². The molecule has 0 aliphatic carbocycles. The topological polar surface area (TPSA) is 58.6 Å². The van der Waals surface area contributed by atoms with E-state index in [1.165, 1.54) is 0 Å². The highest BCUT2D eigenvalue weighted by Gasteiger charge is 2.27. The van der Waals surface area contributed by atoms with Gasteiger partial charge >= 0.3 is 0 Å². The molecule has 1 aliphatic rings. The van der Waals surface area contributed by atoms with Crippen molar-refractivity contribution in [1.82, 2.24) is 9.62 Å². The van der Waals surface area contributed by atoms with Crippen molar-refractivity contribution >= 4 is 10.0 Å². The van der Waals surface area contributed by atoms with Crippen LogP contribution < -0.4 is 5.32 Å². The van der Waals surface area contributed by atoms with E-state index < -0.39 is 10.0 Å². The third kappa shape index (κ3) is 4.19. The predicted molar refractivity (Wildman–Crippen MR) is 73.1 cm³/mol. The summed E-state index contributed by atoms with van der Waals surface area (Å²) in [5.74, 6) is 0.197. The fraction of sp³-hybridized carbons (Fsp3) is 1.00. The van der Waals surface area contributed by atoms with Crippen LogP contribution in [0.15, 0.2) is 0 Å². The summed E-state index contributed by atoms with van der Waals surface area (Å²) >= 11 is 0. The lowest BCUT2D eigenvalue weighted by Gasteiger charge is -2.34. The van der Waals surface area contributed by atoms with Crippen LogP contribution in [-0.4, -0.2) is 56.9 Å². The van der Waals surface area contributed by atoms with Crippen molar-refractivity contribution in [2.75, 3.05) is 26.0 Å². The summed E-state index contributed by atoms with van der Waals surface area (Å²) in [7, 11) is -1.31. The van der Waals surface area contributed by atoms with E-state index in [4.69, 9.17) is 4.74 Å². The van der Waals surface area contributed by atoms with Gasteiger partial charge in [0.2, 0.25) is 10.0 Å². The Morgan fingerprint density at radius 1 is 1.33 bits per heavy atom. The third-order valence-electron chi connectivity index (χ3n) is 3.79. The zero-order chi connectivity index (χ0) is 13.8. The maximum Gasteiger partial charge on any atom is 0.213 e. The number of rotatable bonds is 6. The Labute approximate surface area is 111 Å². The second-order valence-electron chi connectivity index (χ2n) is 4.97. The molecular formula is C12H26N2O3S. The lowest BCUT2D eigenvalue weighted by Crippen LogP contribution is -2.49. The van der Waals surface area contributed by atoms with E-state index in [1.54, 1.807) is 18.3 Å². The summed E-state index contributed by atoms with van der Waals surface area (Å²) < 4.78 is 30.3. The Hall–Kier alpha value is -0.170. The first-order chi connectivity index (χ1) is 8.40. The number of hydrogen-bond donors (Lipinski definition) is 1. The molecule has 108 valence electrons. The van der Waals surface area contributed by atoms with Gasteiger partial charge in [-0.25, -0.2) is 12.7 Å². The van der Waals surface area contributed by atoms with Crippen LogP contribution in [0.1, 0.15) is 33.6 Å². The molecule has 1 N–H and O–H groups in total. The average molecular weight is 278 g/mol. The predicted octanol–water partition coefficient (Wildman–Crippen LogP) is 0.813. The second-order valence-corrected chi connectivity index (χ2v) is 7.23. The van der Waals surface area contributed by atoms with Gasteiger partial charge in [-0.3, -0.25) is 0 Å². The van der Waals surface area contributed by atoms with Crippen LogP contribution in [0.2, 0.25) is 0 Å². The van der Waals surface area contributed by atoms with Crippen LogP contribution >= 0.6 is 0 Å². The van der Waals surface area contributed by atoms with Crippen LogP contribution in [0.3, 0.4) is 0 Å². The van der Waals surface area contributed by atoms with E-state index in [1.807, 2.05) is 6.92 Å². The molecule has 6 heteroatoms. The van der Waals surface area contributed by atoms with Crippen molar-refractivity contribution in [3.8, 4) is 0 Å². The lowest BCUT2D eigenvalue weighted by molar-refractivity contribution is 0.0810. The fourth-order valence-corrected chi connectivity index (χ4v) is 3.33. The Kier molecular flexibility index (Phi) is 6.04. The van der Waals surface area contributed by atoms with Gasteiger partial charge < -0.3 is 10.1 Å². The Balaban J connectivity index is 2.40. The molecule has 0 aromatic rings. The Morgan fingerprint density at radius 3 is 2.33 bits per heavy atom. The van der Waals surface area contributed by atoms with Crippen LogP contribution in [0.5, 0.6) is 0 Å². The first kappa shape index (κ1) is 15.9. The minimum absolute atomic E-state index is 0.169. The SMILES string of the molecule is CCS(=O)(=O)N1CCC(NC(C)C(C)OC)CC1. The Morgan fingerprint density at radius 2 is 1.89 bits per heavy atom. The lowest BCUT2D eigenvalue weighted by atomic mass is 10.0. The van der Waals surface area contributed by atoms with Crippen LogP contribution in [0.4, 0.5) is 0 Å². The standard InChI is InChI=1S/C12H26N2O3S/c1-5-18(15,16)14-8-6-12(7-9-14)13-10(2)11(3)17-4/h10-13H,5-9H2,1-4H3. The molecule has 1 fully saturated rings. The highest BCUT2D eigenvalue weighted by Crippen LogP contribution is 2.15. The van der Waals surface area contributed by atoms with Crippen molar-refractivity contribution < 1.29 is 13.2 Å². The summed E-state index contributed by atoms with van der Waals surface area (Å²) in [4.78, 5) is 0. The Bertz CT molecular complexity index is 337. The molecular weight excluding hydrogens is 252 g/mol. The monoisotopic (exact) mass is 278 g/mol. The van der Waals surface area contributed by atoms with Crippen LogP contribution in [-0.2, 0) is 14.8 Å². The first-order valence-electron chi connectivity index (χ1n) is 6.67. The largest absolute Gasteiger partial charge is 0.380 e. The highest BCUT2D eigenvalue weighted by molar-refractivity contribution is 7.89. The molecule has 1 heterocycles. The summed E-state index contributed by atoms with van der Waals surface area (Å²) in [5, 5.41) is 3.51. The molecule has 0 radical (unpaired) electrons. The molecule has 0 spiro atoms. The summed E-state index contributed by atoms with van der Waals surface area (Å²) in [6.07, 6.45) is 1.92. The third-order valence-corrected chi connectivity index (χ3v) is 5.67. The fourth-order valence-electron chi connectivity index (χ4n) is 2.19. The summed E-state index contributed by atoms with van der Waals surface area (Å²) in [6.45, 7) is 7.09. The number of hydrogen-bond acceptors (Lipinski definition) is 4. The van der Waals surface area contributed by atoms with Gasteiger partial charge in [0.25, 0.3) is 0 Å². The quantitative estimate of drug-likeness (QED) is 0.781. The van der Waals surface area contributed by atoms with Gasteiger partial charge in [0, 0.05) is 32.3 Å². The first-order valence-corrected chi connectivity index (χ1v) is 8.28. The number of nitrogens with zero attached hydrogens (tertiary/aromatic N) is 1. The van der Waals surface area contributed by atoms with Gasteiger partial charge in [0.05, 0.1) is 11.9 Å². The van der Waals surface area contributed by atoms with Crippen molar-refractivity contribution in [3.05, 3.63) is 0 Å². The summed E-state index contributed by atoms with van der Waals surface area (Å²) in [6, 6.07) is 0.676. The molecule has 0 bridgehead atoms. The normalized spacial score (nSPS) is 22.9. The zero-order valence-corrected chi connectivity index (χ0v) is 12.7. The van der Waals surface area contributed by atoms with Gasteiger partial charge in [0.15, 0.2) is 0 Å². The van der Waals surface area contributed by atoms with E-state index in [2.05, 4.69) is 12.2 Å². The molecule has 18 heavy (non-hydrogen) atoms. The van der Waals surface area contributed by atoms with Gasteiger partial charge in [-0.1, -0.05) is 0 Å². The number of piperidine rings is 1. The smallest absolute Gasteiger partial charge is 0.213 e. The maximum absolute atomic E-state index is 11.7. The van der Waals surface area contributed by atoms with E-state index in [0.29, 0.717) is 19.1 Å². The molecule has 5 nitrogen and oxygen atoms in total. The van der Waals surface area contributed by atoms with Gasteiger partial charge in [-0.15, -0.1) is 0 Å². The molecule has 0 aromatic carbocycles. The van der Waals surface area contributed by atoms with Crippen molar-refractivity contribution in [2.24, 2.45) is 0 Å². The number of methoxy groups -OCH3 is 1. The molecule has 2 unspecified atom stereocenters. The van der Waals surface area contributed by atoms with Gasteiger partial charge in [-0.05, 0) is 33.6 Å². The van der Waals surface area contributed by atoms with Gasteiger partial charge in [0.1, 0.15) is 0 Å². The van der Waals surface area contributed by atoms with Crippen LogP contribution in [0, 0.1) is 0 Å². The summed E-state index contributed by atoms with van der Waals surface area (Å²) in [5.41, 5.74) is 0. The molecule has 0 amide bonds. The molecule has 1 saturated heterocycles. The minimum Gasteiger partial charge on any atom is -0.380 e. The van der Waals surface area contributed by atoms with Crippen molar-refractivity contribution in [3.63, 3.8) is 0 Å². The molecule has 0 aromatic heterocycles. The average Bonchev–Trinajstić information content (AvgIpc) is 2.38. The number of sulfonamides is 1. The van der Waals surface area contributed by atoms with Crippen LogP contribution in [0.25, 0.3) is 0 Å². The maximum atomic E-state index is 11.7. The molecule has 0 saturated carbocycles. The van der Waals surface area contributed by atoms with E-state index in [0.717, 1.165) is 12.8 Å². The van der Waals surface area contributed by atoms with Crippen molar-refractivity contribution in [1.29, 1.82) is 0 Å². The van der Waals surface area contributed by atoms with Gasteiger partial charge in [-0.2, -0.15) is 0 Å². The number of ether oxygens (including phenoxy) is 1. The van der Waals surface area contributed by atoms with E-state index in [-0.39, 0.29) is 17.9 Å². The van der Waals surface area contributed by atoms with E-state index in [9.17, 15) is 8.42 Å². The molecule has 1 rings (SSSR count). The van der Waals surface area contributed by atoms with E-state index >= 15 is 0 Å². The second kappa shape index (κ2) is 6.84. The highest BCUT2D eigenvalue weighted by atomic mass is 32.2. The number of nitrogens with one attached hydrogen (secondary N) is 1. The molecule has 2 atom stereocenters. The minimum atomic E-state index is -3.01. The zero-order valence-electron chi connectivity index (χ0n) is 11.8.